The Hall–Kier alpha value is -8.92. The molecule has 2 aromatic heterocycles. The summed E-state index contributed by atoms with van der Waals surface area (Å²) >= 11 is 0. The Kier molecular flexibility index (Phi) is 8.50. The van der Waals surface area contributed by atoms with E-state index in [1.807, 2.05) is 18.2 Å². The zero-order valence-corrected chi connectivity index (χ0v) is 36.9. The SMILES string of the molecule is c1ccc(-c2cc(-c3ccc4oc5ccccc5c4c3)cc(-c3cc(-c4ccccc4-c4ccc5c(c4)-c4ccccc4C54c5ccccc5-c5ccccc54)nc(-c4ccccc4)n3)c2)cc1. The number of fused-ring (bicyclic) bond motifs is 13. The van der Waals surface area contributed by atoms with Crippen molar-refractivity contribution in [1.29, 1.82) is 0 Å². The van der Waals surface area contributed by atoms with Crippen molar-refractivity contribution in [3.63, 3.8) is 0 Å². The quantitative estimate of drug-likeness (QED) is 0.167. The fourth-order valence-corrected chi connectivity index (χ4v) is 11.3. The smallest absolute Gasteiger partial charge is 0.160 e. The molecule has 1 spiro atoms. The maximum atomic E-state index is 6.25. The van der Waals surface area contributed by atoms with Crippen LogP contribution in [0.15, 0.2) is 247 Å². The van der Waals surface area contributed by atoms with Crippen LogP contribution in [0.3, 0.4) is 0 Å². The van der Waals surface area contributed by atoms with Gasteiger partial charge < -0.3 is 4.42 Å². The second-order valence-electron chi connectivity index (χ2n) is 18.0. The predicted molar refractivity (Wildman–Crippen MR) is 278 cm³/mol. The Bertz CT molecular complexity index is 3930. The van der Waals surface area contributed by atoms with Crippen LogP contribution in [0.1, 0.15) is 22.3 Å². The van der Waals surface area contributed by atoms with E-state index in [-0.39, 0.29) is 0 Å². The minimum absolute atomic E-state index is 0.394. The molecule has 3 heteroatoms. The molecule has 68 heavy (non-hydrogen) atoms. The first-order valence-corrected chi connectivity index (χ1v) is 23.3. The molecule has 0 amide bonds. The van der Waals surface area contributed by atoms with E-state index < -0.39 is 5.41 Å². The Morgan fingerprint density at radius 3 is 1.47 bits per heavy atom. The molecule has 10 aromatic carbocycles. The molecule has 2 aliphatic carbocycles. The fourth-order valence-electron chi connectivity index (χ4n) is 11.3. The minimum atomic E-state index is -0.394. The van der Waals surface area contributed by atoms with Gasteiger partial charge in [0.1, 0.15) is 11.2 Å². The topological polar surface area (TPSA) is 38.9 Å². The first kappa shape index (κ1) is 38.4. The monoisotopic (exact) mass is 864 g/mol. The van der Waals surface area contributed by atoms with E-state index in [4.69, 9.17) is 14.4 Å². The maximum absolute atomic E-state index is 6.25. The molecule has 0 unspecified atom stereocenters. The molecule has 0 fully saturated rings. The molecule has 0 aliphatic heterocycles. The third-order valence-corrected chi connectivity index (χ3v) is 14.3. The van der Waals surface area contributed by atoms with E-state index in [0.29, 0.717) is 5.82 Å². The van der Waals surface area contributed by atoms with Crippen LogP contribution in [0.5, 0.6) is 0 Å². The second kappa shape index (κ2) is 15.1. The number of furan rings is 1. The zero-order chi connectivity index (χ0) is 44.8. The summed E-state index contributed by atoms with van der Waals surface area (Å²) in [6, 6.07) is 87.5. The average Bonchev–Trinajstić information content (AvgIpc) is 4.05. The number of hydrogen-bond acceptors (Lipinski definition) is 3. The number of aromatic nitrogens is 2. The minimum Gasteiger partial charge on any atom is -0.456 e. The summed E-state index contributed by atoms with van der Waals surface area (Å²) in [6.45, 7) is 0. The summed E-state index contributed by atoms with van der Waals surface area (Å²) in [6.07, 6.45) is 0. The van der Waals surface area contributed by atoms with Crippen molar-refractivity contribution in [3.05, 3.63) is 265 Å². The highest BCUT2D eigenvalue weighted by atomic mass is 16.3. The number of nitrogens with zero attached hydrogens (tertiary/aromatic N) is 2. The molecule has 3 nitrogen and oxygen atoms in total. The molecule has 2 aliphatic rings. The van der Waals surface area contributed by atoms with Crippen LogP contribution in [-0.4, -0.2) is 9.97 Å². The van der Waals surface area contributed by atoms with Gasteiger partial charge in [0.25, 0.3) is 0 Å². The molecular formula is C65H40N2O. The molecule has 0 saturated heterocycles. The molecule has 0 bridgehead atoms. The van der Waals surface area contributed by atoms with Gasteiger partial charge in [-0.3, -0.25) is 0 Å². The van der Waals surface area contributed by atoms with E-state index in [1.54, 1.807) is 0 Å². The highest BCUT2D eigenvalue weighted by molar-refractivity contribution is 6.06. The van der Waals surface area contributed by atoms with Gasteiger partial charge in [-0.15, -0.1) is 0 Å². The summed E-state index contributed by atoms with van der Waals surface area (Å²) in [5, 5.41) is 2.21. The lowest BCUT2D eigenvalue weighted by Crippen LogP contribution is -2.25. The first-order chi connectivity index (χ1) is 33.7. The zero-order valence-electron chi connectivity index (χ0n) is 36.9. The van der Waals surface area contributed by atoms with Crippen molar-refractivity contribution >= 4 is 21.9 Å². The Balaban J connectivity index is 0.952. The van der Waals surface area contributed by atoms with Gasteiger partial charge in [0.2, 0.25) is 0 Å². The number of rotatable bonds is 6. The largest absolute Gasteiger partial charge is 0.456 e. The molecule has 0 atom stereocenters. The van der Waals surface area contributed by atoms with Gasteiger partial charge in [-0.05, 0) is 126 Å². The van der Waals surface area contributed by atoms with E-state index in [2.05, 4.69) is 224 Å². The van der Waals surface area contributed by atoms with Crippen LogP contribution in [0.25, 0.3) is 111 Å². The highest BCUT2D eigenvalue weighted by Crippen LogP contribution is 2.63. The lowest BCUT2D eigenvalue weighted by molar-refractivity contribution is 0.669. The van der Waals surface area contributed by atoms with Crippen molar-refractivity contribution in [3.8, 4) is 89.5 Å². The predicted octanol–water partition coefficient (Wildman–Crippen LogP) is 16.7. The molecule has 2 heterocycles. The Labute approximate surface area is 394 Å². The standard InChI is InChI=1S/C65H40N2O/c1-3-17-41(18-4-1)45-35-46(43-32-34-63-55(38-43)53-26-12-16-30-62(53)68-63)37-47(36-45)60-40-61(67-64(66-60)42-19-5-2-6-20-42)52-25-8-7-21-48(52)44-31-33-59-54(39-44)51-24-11-15-29-58(51)65(59)56-27-13-9-22-49(56)50-23-10-14-28-57(50)65/h1-40H. The van der Waals surface area contributed by atoms with Gasteiger partial charge in [0.15, 0.2) is 5.82 Å². The van der Waals surface area contributed by atoms with E-state index in [1.165, 1.54) is 44.5 Å². The second-order valence-corrected chi connectivity index (χ2v) is 18.0. The van der Waals surface area contributed by atoms with Gasteiger partial charge in [0.05, 0.1) is 16.8 Å². The molecule has 12 aromatic rings. The van der Waals surface area contributed by atoms with E-state index >= 15 is 0 Å². The van der Waals surface area contributed by atoms with Gasteiger partial charge >= 0.3 is 0 Å². The number of hydrogen-bond donors (Lipinski definition) is 0. The molecule has 14 rings (SSSR count). The van der Waals surface area contributed by atoms with Crippen LogP contribution in [0, 0.1) is 0 Å². The summed E-state index contributed by atoms with van der Waals surface area (Å²) in [5.74, 6) is 0.675. The average molecular weight is 865 g/mol. The summed E-state index contributed by atoms with van der Waals surface area (Å²) in [4.78, 5) is 10.8. The Morgan fingerprint density at radius 1 is 0.265 bits per heavy atom. The van der Waals surface area contributed by atoms with Gasteiger partial charge in [-0.25, -0.2) is 9.97 Å². The van der Waals surface area contributed by atoms with Crippen molar-refractivity contribution < 1.29 is 4.42 Å². The lowest BCUT2D eigenvalue weighted by atomic mass is 9.70. The van der Waals surface area contributed by atoms with Crippen molar-refractivity contribution in [1.82, 2.24) is 9.97 Å². The van der Waals surface area contributed by atoms with Crippen LogP contribution < -0.4 is 0 Å². The van der Waals surface area contributed by atoms with Crippen LogP contribution in [-0.2, 0) is 5.41 Å². The van der Waals surface area contributed by atoms with E-state index in [9.17, 15) is 0 Å². The van der Waals surface area contributed by atoms with Gasteiger partial charge in [0, 0.05) is 27.5 Å². The van der Waals surface area contributed by atoms with Gasteiger partial charge in [-0.2, -0.15) is 0 Å². The van der Waals surface area contributed by atoms with Crippen LogP contribution >= 0.6 is 0 Å². The fraction of sp³-hybridized carbons (Fsp3) is 0.0154. The van der Waals surface area contributed by atoms with Gasteiger partial charge in [-0.1, -0.05) is 194 Å². The molecule has 0 radical (unpaired) electrons. The molecule has 316 valence electrons. The normalized spacial score (nSPS) is 12.8. The lowest BCUT2D eigenvalue weighted by Gasteiger charge is -2.30. The summed E-state index contributed by atoms with van der Waals surface area (Å²) < 4.78 is 6.25. The number of benzene rings is 10. The first-order valence-electron chi connectivity index (χ1n) is 23.3. The molecular weight excluding hydrogens is 825 g/mol. The summed E-state index contributed by atoms with van der Waals surface area (Å²) in [5.41, 5.74) is 23.3. The summed E-state index contributed by atoms with van der Waals surface area (Å²) in [7, 11) is 0. The maximum Gasteiger partial charge on any atom is 0.160 e. The Morgan fingerprint density at radius 2 is 0.765 bits per heavy atom. The third kappa shape index (κ3) is 5.79. The van der Waals surface area contributed by atoms with Crippen LogP contribution in [0.4, 0.5) is 0 Å². The number of para-hydroxylation sites is 1. The third-order valence-electron chi connectivity index (χ3n) is 14.3. The molecule has 0 saturated carbocycles. The van der Waals surface area contributed by atoms with E-state index in [0.717, 1.165) is 83.4 Å². The van der Waals surface area contributed by atoms with Crippen molar-refractivity contribution in [2.45, 2.75) is 5.41 Å². The highest BCUT2D eigenvalue weighted by Gasteiger charge is 2.51. The van der Waals surface area contributed by atoms with Crippen LogP contribution in [0.2, 0.25) is 0 Å². The molecule has 0 N–H and O–H groups in total. The van der Waals surface area contributed by atoms with Crippen molar-refractivity contribution in [2.24, 2.45) is 0 Å². The van der Waals surface area contributed by atoms with Crippen molar-refractivity contribution in [2.75, 3.05) is 0 Å².